The number of hydrogen-bond acceptors (Lipinski definition) is 3. The summed E-state index contributed by atoms with van der Waals surface area (Å²) in [7, 11) is 0. The summed E-state index contributed by atoms with van der Waals surface area (Å²) >= 11 is 0. The fraction of sp³-hybridized carbons (Fsp3) is 0.455. The lowest BCUT2D eigenvalue weighted by molar-refractivity contribution is 0.336. The third kappa shape index (κ3) is 1.34. The minimum Gasteiger partial charge on any atom is -0.508 e. The third-order valence-electron chi connectivity index (χ3n) is 2.67. The number of nitrogens with two attached hydrogens (primary N) is 1. The van der Waals surface area contributed by atoms with Crippen LogP contribution in [-0.4, -0.2) is 11.7 Å². The van der Waals surface area contributed by atoms with Gasteiger partial charge < -0.3 is 15.6 Å². The first-order valence-corrected chi connectivity index (χ1v) is 4.97. The number of aromatic hydroxyl groups is 1. The standard InChI is InChI=1S/C11H15NO2/c1-2-14-10-6-5-9(13)11-7(10)3-4-8(11)12/h5-6,8,13H,2-4,12H2,1H3/t8-/m1/s1. The van der Waals surface area contributed by atoms with Crippen LogP contribution < -0.4 is 10.5 Å². The van der Waals surface area contributed by atoms with E-state index in [9.17, 15) is 5.11 Å². The van der Waals surface area contributed by atoms with Gasteiger partial charge in [0.25, 0.3) is 0 Å². The second-order valence-electron chi connectivity index (χ2n) is 3.55. The highest BCUT2D eigenvalue weighted by molar-refractivity contribution is 5.52. The molecule has 2 rings (SSSR count). The lowest BCUT2D eigenvalue weighted by Crippen LogP contribution is -2.05. The zero-order valence-electron chi connectivity index (χ0n) is 8.29. The fourth-order valence-corrected chi connectivity index (χ4v) is 2.04. The molecular weight excluding hydrogens is 178 g/mol. The second kappa shape index (κ2) is 3.50. The molecule has 14 heavy (non-hydrogen) atoms. The molecule has 0 amide bonds. The van der Waals surface area contributed by atoms with Crippen LogP contribution in [0.25, 0.3) is 0 Å². The van der Waals surface area contributed by atoms with Gasteiger partial charge in [0.15, 0.2) is 0 Å². The second-order valence-corrected chi connectivity index (χ2v) is 3.55. The number of rotatable bonds is 2. The van der Waals surface area contributed by atoms with E-state index < -0.39 is 0 Å². The Labute approximate surface area is 83.5 Å². The van der Waals surface area contributed by atoms with Crippen molar-refractivity contribution in [2.45, 2.75) is 25.8 Å². The van der Waals surface area contributed by atoms with Gasteiger partial charge in [-0.1, -0.05) is 0 Å². The van der Waals surface area contributed by atoms with Gasteiger partial charge in [0, 0.05) is 17.2 Å². The molecule has 1 aliphatic carbocycles. The van der Waals surface area contributed by atoms with Gasteiger partial charge in [-0.25, -0.2) is 0 Å². The number of hydrogen-bond donors (Lipinski definition) is 2. The van der Waals surface area contributed by atoms with E-state index in [1.54, 1.807) is 6.07 Å². The summed E-state index contributed by atoms with van der Waals surface area (Å²) in [6.07, 6.45) is 1.80. The monoisotopic (exact) mass is 193 g/mol. The molecule has 0 fully saturated rings. The molecule has 3 nitrogen and oxygen atoms in total. The van der Waals surface area contributed by atoms with Crippen molar-refractivity contribution in [3.63, 3.8) is 0 Å². The van der Waals surface area contributed by atoms with Crippen molar-refractivity contribution in [1.29, 1.82) is 0 Å². The van der Waals surface area contributed by atoms with E-state index in [1.807, 2.05) is 13.0 Å². The van der Waals surface area contributed by atoms with E-state index in [0.29, 0.717) is 12.4 Å². The number of phenols is 1. The maximum atomic E-state index is 9.66. The van der Waals surface area contributed by atoms with Crippen LogP contribution in [0.5, 0.6) is 11.5 Å². The Kier molecular flexibility index (Phi) is 2.33. The van der Waals surface area contributed by atoms with Crippen molar-refractivity contribution in [3.8, 4) is 11.5 Å². The van der Waals surface area contributed by atoms with Crippen LogP contribution in [0.4, 0.5) is 0 Å². The van der Waals surface area contributed by atoms with E-state index in [4.69, 9.17) is 10.5 Å². The molecule has 3 N–H and O–H groups in total. The topological polar surface area (TPSA) is 55.5 Å². The maximum Gasteiger partial charge on any atom is 0.123 e. The van der Waals surface area contributed by atoms with Gasteiger partial charge in [-0.3, -0.25) is 0 Å². The van der Waals surface area contributed by atoms with Crippen LogP contribution in [0.1, 0.15) is 30.5 Å². The van der Waals surface area contributed by atoms with Gasteiger partial charge in [-0.15, -0.1) is 0 Å². The van der Waals surface area contributed by atoms with Gasteiger partial charge >= 0.3 is 0 Å². The molecule has 3 heteroatoms. The first kappa shape index (κ1) is 9.34. The Balaban J connectivity index is 2.47. The lowest BCUT2D eigenvalue weighted by atomic mass is 10.1. The zero-order chi connectivity index (χ0) is 10.1. The predicted octanol–water partition coefficient (Wildman–Crippen LogP) is 1.74. The Morgan fingerprint density at radius 2 is 2.36 bits per heavy atom. The van der Waals surface area contributed by atoms with Crippen molar-refractivity contribution in [2.75, 3.05) is 6.61 Å². The van der Waals surface area contributed by atoms with Crippen molar-refractivity contribution in [3.05, 3.63) is 23.3 Å². The minimum atomic E-state index is -0.0367. The molecule has 0 aromatic heterocycles. The van der Waals surface area contributed by atoms with Gasteiger partial charge in [-0.05, 0) is 31.9 Å². The molecule has 1 aliphatic rings. The van der Waals surface area contributed by atoms with Crippen LogP contribution in [0.15, 0.2) is 12.1 Å². The molecule has 1 aromatic carbocycles. The van der Waals surface area contributed by atoms with Crippen LogP contribution in [-0.2, 0) is 6.42 Å². The number of phenolic OH excluding ortho intramolecular Hbond substituents is 1. The molecule has 76 valence electrons. The molecular formula is C11H15NO2. The highest BCUT2D eigenvalue weighted by Gasteiger charge is 2.25. The third-order valence-corrected chi connectivity index (χ3v) is 2.67. The highest BCUT2D eigenvalue weighted by Crippen LogP contribution is 2.40. The molecule has 1 aromatic rings. The number of fused-ring (bicyclic) bond motifs is 1. The molecule has 0 saturated carbocycles. The molecule has 1 atom stereocenters. The Hall–Kier alpha value is -1.22. The van der Waals surface area contributed by atoms with Crippen molar-refractivity contribution < 1.29 is 9.84 Å². The summed E-state index contributed by atoms with van der Waals surface area (Å²) in [6, 6.07) is 3.44. The maximum absolute atomic E-state index is 9.66. The van der Waals surface area contributed by atoms with Gasteiger partial charge in [0.1, 0.15) is 11.5 Å². The van der Waals surface area contributed by atoms with E-state index in [0.717, 1.165) is 29.7 Å². The molecule has 0 spiro atoms. The predicted molar refractivity (Wildman–Crippen MR) is 54.5 cm³/mol. The SMILES string of the molecule is CCOc1ccc(O)c2c1CC[C@H]2N. The molecule has 0 heterocycles. The summed E-state index contributed by atoms with van der Waals surface area (Å²) in [4.78, 5) is 0. The Morgan fingerprint density at radius 3 is 3.07 bits per heavy atom. The van der Waals surface area contributed by atoms with Crippen LogP contribution in [0.2, 0.25) is 0 Å². The van der Waals surface area contributed by atoms with Crippen LogP contribution >= 0.6 is 0 Å². The first-order chi connectivity index (χ1) is 6.74. The zero-order valence-corrected chi connectivity index (χ0v) is 8.29. The summed E-state index contributed by atoms with van der Waals surface area (Å²) in [5.41, 5.74) is 7.85. The quantitative estimate of drug-likeness (QED) is 0.752. The average Bonchev–Trinajstić information content (AvgIpc) is 2.54. The normalized spacial score (nSPS) is 19.4. The van der Waals surface area contributed by atoms with Crippen LogP contribution in [0, 0.1) is 0 Å². The van der Waals surface area contributed by atoms with Gasteiger partial charge in [0.05, 0.1) is 6.61 Å². The lowest BCUT2D eigenvalue weighted by Gasteiger charge is -2.11. The van der Waals surface area contributed by atoms with Gasteiger partial charge in [-0.2, -0.15) is 0 Å². The summed E-state index contributed by atoms with van der Waals surface area (Å²) in [5, 5.41) is 9.66. The smallest absolute Gasteiger partial charge is 0.123 e. The van der Waals surface area contributed by atoms with Crippen molar-refractivity contribution >= 4 is 0 Å². The fourth-order valence-electron chi connectivity index (χ4n) is 2.04. The molecule has 0 saturated heterocycles. The Morgan fingerprint density at radius 1 is 1.57 bits per heavy atom. The van der Waals surface area contributed by atoms with Crippen molar-refractivity contribution in [1.82, 2.24) is 0 Å². The summed E-state index contributed by atoms with van der Waals surface area (Å²) in [5.74, 6) is 1.17. The van der Waals surface area contributed by atoms with E-state index in [-0.39, 0.29) is 6.04 Å². The molecule has 0 radical (unpaired) electrons. The van der Waals surface area contributed by atoms with E-state index in [1.165, 1.54) is 0 Å². The molecule has 0 aliphatic heterocycles. The minimum absolute atomic E-state index is 0.0367. The summed E-state index contributed by atoms with van der Waals surface area (Å²) in [6.45, 7) is 2.60. The largest absolute Gasteiger partial charge is 0.508 e. The van der Waals surface area contributed by atoms with Gasteiger partial charge in [0.2, 0.25) is 0 Å². The number of benzene rings is 1. The summed E-state index contributed by atoms with van der Waals surface area (Å²) < 4.78 is 5.49. The van der Waals surface area contributed by atoms with E-state index in [2.05, 4.69) is 0 Å². The number of ether oxygens (including phenoxy) is 1. The molecule has 0 unspecified atom stereocenters. The average molecular weight is 193 g/mol. The molecule has 0 bridgehead atoms. The van der Waals surface area contributed by atoms with Crippen LogP contribution in [0.3, 0.4) is 0 Å². The van der Waals surface area contributed by atoms with E-state index >= 15 is 0 Å². The first-order valence-electron chi connectivity index (χ1n) is 4.97. The van der Waals surface area contributed by atoms with Crippen molar-refractivity contribution in [2.24, 2.45) is 5.73 Å². The Bertz CT molecular complexity index is 349. The highest BCUT2D eigenvalue weighted by atomic mass is 16.5.